The summed E-state index contributed by atoms with van der Waals surface area (Å²) in [6.07, 6.45) is 5.50. The van der Waals surface area contributed by atoms with E-state index in [2.05, 4.69) is 40.4 Å². The van der Waals surface area contributed by atoms with Crippen LogP contribution >= 0.6 is 11.3 Å². The van der Waals surface area contributed by atoms with Gasteiger partial charge in [-0.1, -0.05) is 6.92 Å². The molecule has 0 aromatic carbocycles. The summed E-state index contributed by atoms with van der Waals surface area (Å²) >= 11 is 1.74. The van der Waals surface area contributed by atoms with Crippen molar-refractivity contribution in [2.24, 2.45) is 4.99 Å². The van der Waals surface area contributed by atoms with Gasteiger partial charge >= 0.3 is 0 Å². The van der Waals surface area contributed by atoms with Crippen LogP contribution in [0.4, 0.5) is 0 Å². The number of nitrogens with one attached hydrogen (secondary N) is 2. The first kappa shape index (κ1) is 19.9. The summed E-state index contributed by atoms with van der Waals surface area (Å²) in [5.41, 5.74) is 0. The van der Waals surface area contributed by atoms with Crippen LogP contribution in [0.5, 0.6) is 0 Å². The molecule has 0 bridgehead atoms. The molecule has 1 atom stereocenters. The van der Waals surface area contributed by atoms with Gasteiger partial charge in [-0.2, -0.15) is 0 Å². The number of aromatic nitrogens is 1. The molecule has 3 heterocycles. The number of rotatable bonds is 8. The molecule has 27 heavy (non-hydrogen) atoms. The first-order valence-electron chi connectivity index (χ1n) is 9.95. The number of aryl methyl sites for hydroxylation is 2. The molecular weight excluding hydrogens is 358 g/mol. The number of guanidine groups is 1. The maximum atomic E-state index is 5.94. The molecule has 1 aliphatic rings. The fourth-order valence-corrected chi connectivity index (χ4v) is 4.15. The van der Waals surface area contributed by atoms with E-state index in [1.54, 1.807) is 11.3 Å². The lowest BCUT2D eigenvalue weighted by molar-refractivity contribution is 0.213. The van der Waals surface area contributed by atoms with Crippen LogP contribution in [0.3, 0.4) is 0 Å². The van der Waals surface area contributed by atoms with Crippen LogP contribution < -0.4 is 10.6 Å². The van der Waals surface area contributed by atoms with E-state index in [-0.39, 0.29) is 6.04 Å². The maximum Gasteiger partial charge on any atom is 0.191 e. The molecule has 2 aromatic heterocycles. The molecule has 0 saturated carbocycles. The van der Waals surface area contributed by atoms with Crippen LogP contribution in [-0.4, -0.2) is 42.0 Å². The number of likely N-dealkylation sites (tertiary alicyclic amines) is 1. The SMILES string of the molecule is CCNC(=NCc1ncc(CC)s1)NCC(c1ccc(C)o1)N1CCCC1. The van der Waals surface area contributed by atoms with E-state index in [9.17, 15) is 0 Å². The van der Waals surface area contributed by atoms with Gasteiger partial charge in [0.25, 0.3) is 0 Å². The zero-order valence-electron chi connectivity index (χ0n) is 16.6. The number of hydrogen-bond donors (Lipinski definition) is 2. The third-order valence-electron chi connectivity index (χ3n) is 4.80. The number of hydrogen-bond acceptors (Lipinski definition) is 5. The van der Waals surface area contributed by atoms with Crippen LogP contribution in [0.25, 0.3) is 0 Å². The second-order valence-corrected chi connectivity index (χ2v) is 8.06. The predicted octanol–water partition coefficient (Wildman–Crippen LogP) is 3.50. The zero-order chi connectivity index (χ0) is 19.1. The lowest BCUT2D eigenvalue weighted by Crippen LogP contribution is -2.42. The topological polar surface area (TPSA) is 65.7 Å². The third-order valence-corrected chi connectivity index (χ3v) is 5.93. The van der Waals surface area contributed by atoms with E-state index in [0.29, 0.717) is 6.54 Å². The van der Waals surface area contributed by atoms with Gasteiger partial charge in [0.2, 0.25) is 0 Å². The molecule has 0 amide bonds. The quantitative estimate of drug-likeness (QED) is 0.534. The minimum absolute atomic E-state index is 0.233. The van der Waals surface area contributed by atoms with Crippen molar-refractivity contribution in [2.75, 3.05) is 26.2 Å². The number of furan rings is 1. The average molecular weight is 390 g/mol. The number of thiazole rings is 1. The van der Waals surface area contributed by atoms with Gasteiger partial charge in [-0.25, -0.2) is 9.98 Å². The molecule has 6 nitrogen and oxygen atoms in total. The van der Waals surface area contributed by atoms with Gasteiger partial charge in [-0.05, 0) is 58.3 Å². The second-order valence-electron chi connectivity index (χ2n) is 6.86. The molecule has 2 N–H and O–H groups in total. The van der Waals surface area contributed by atoms with Crippen molar-refractivity contribution in [1.82, 2.24) is 20.5 Å². The van der Waals surface area contributed by atoms with E-state index in [4.69, 9.17) is 9.41 Å². The molecule has 3 rings (SSSR count). The maximum absolute atomic E-state index is 5.94. The lowest BCUT2D eigenvalue weighted by atomic mass is 10.2. The van der Waals surface area contributed by atoms with Crippen LogP contribution in [0.1, 0.15) is 54.1 Å². The fourth-order valence-electron chi connectivity index (χ4n) is 3.36. The van der Waals surface area contributed by atoms with Crippen molar-refractivity contribution < 1.29 is 4.42 Å². The molecule has 148 valence electrons. The van der Waals surface area contributed by atoms with Crippen molar-refractivity contribution in [3.05, 3.63) is 39.7 Å². The summed E-state index contributed by atoms with van der Waals surface area (Å²) in [5, 5.41) is 7.91. The van der Waals surface area contributed by atoms with Crippen LogP contribution in [0, 0.1) is 6.92 Å². The summed E-state index contributed by atoms with van der Waals surface area (Å²) in [4.78, 5) is 13.0. The van der Waals surface area contributed by atoms with Crippen LogP contribution in [0.15, 0.2) is 27.7 Å². The minimum atomic E-state index is 0.233. The molecule has 0 spiro atoms. The summed E-state index contributed by atoms with van der Waals surface area (Å²) in [6, 6.07) is 4.38. The Morgan fingerprint density at radius 3 is 2.74 bits per heavy atom. The van der Waals surface area contributed by atoms with Gasteiger partial charge in [0, 0.05) is 24.2 Å². The molecule has 0 aliphatic carbocycles. The highest BCUT2D eigenvalue weighted by atomic mass is 32.1. The Bertz CT molecular complexity index is 732. The monoisotopic (exact) mass is 389 g/mol. The molecule has 2 aromatic rings. The molecule has 7 heteroatoms. The van der Waals surface area contributed by atoms with E-state index in [1.807, 2.05) is 19.2 Å². The smallest absolute Gasteiger partial charge is 0.191 e. The Morgan fingerprint density at radius 1 is 1.30 bits per heavy atom. The second kappa shape index (κ2) is 9.90. The standard InChI is InChI=1S/C20H31N5OS/c1-4-16-12-22-19(27-16)14-24-20(21-5-2)23-13-17(25-10-6-7-11-25)18-9-8-15(3)26-18/h8-9,12,17H,4-7,10-11,13-14H2,1-3H3,(H2,21,23,24). The van der Waals surface area contributed by atoms with E-state index in [0.717, 1.165) is 55.1 Å². The van der Waals surface area contributed by atoms with Crippen molar-refractivity contribution >= 4 is 17.3 Å². The summed E-state index contributed by atoms with van der Waals surface area (Å²) in [7, 11) is 0. The molecule has 0 radical (unpaired) electrons. The van der Waals surface area contributed by atoms with Crippen LogP contribution in [0.2, 0.25) is 0 Å². The van der Waals surface area contributed by atoms with Gasteiger partial charge < -0.3 is 15.1 Å². The van der Waals surface area contributed by atoms with E-state index < -0.39 is 0 Å². The van der Waals surface area contributed by atoms with Gasteiger partial charge in [0.1, 0.15) is 16.5 Å². The van der Waals surface area contributed by atoms with Gasteiger partial charge in [-0.15, -0.1) is 11.3 Å². The molecule has 1 saturated heterocycles. The normalized spacial score (nSPS) is 16.6. The van der Waals surface area contributed by atoms with Crippen molar-refractivity contribution in [3.63, 3.8) is 0 Å². The Kier molecular flexibility index (Phi) is 7.29. The van der Waals surface area contributed by atoms with Gasteiger partial charge in [0.15, 0.2) is 5.96 Å². The van der Waals surface area contributed by atoms with Gasteiger partial charge in [-0.3, -0.25) is 4.90 Å². The zero-order valence-corrected chi connectivity index (χ0v) is 17.4. The number of aliphatic imine (C=N–C) groups is 1. The first-order chi connectivity index (χ1) is 13.2. The Hall–Kier alpha value is -1.86. The Morgan fingerprint density at radius 2 is 2.11 bits per heavy atom. The Labute approximate surface area is 166 Å². The summed E-state index contributed by atoms with van der Waals surface area (Å²) in [5.74, 6) is 2.83. The average Bonchev–Trinajstić information content (AvgIpc) is 3.42. The molecule has 1 fully saturated rings. The predicted molar refractivity (Wildman–Crippen MR) is 111 cm³/mol. The van der Waals surface area contributed by atoms with Crippen LogP contribution in [-0.2, 0) is 13.0 Å². The first-order valence-corrected chi connectivity index (χ1v) is 10.8. The fraction of sp³-hybridized carbons (Fsp3) is 0.600. The lowest BCUT2D eigenvalue weighted by Gasteiger charge is -2.26. The Balaban J connectivity index is 1.65. The van der Waals surface area contributed by atoms with E-state index in [1.165, 1.54) is 17.7 Å². The summed E-state index contributed by atoms with van der Waals surface area (Å²) in [6.45, 7) is 10.7. The largest absolute Gasteiger partial charge is 0.465 e. The molecular formula is C20H31N5OS. The third kappa shape index (κ3) is 5.56. The molecule has 1 unspecified atom stereocenters. The van der Waals surface area contributed by atoms with Crippen molar-refractivity contribution in [2.45, 2.75) is 52.6 Å². The van der Waals surface area contributed by atoms with Gasteiger partial charge in [0.05, 0.1) is 12.6 Å². The highest BCUT2D eigenvalue weighted by Gasteiger charge is 2.26. The molecule has 1 aliphatic heterocycles. The highest BCUT2D eigenvalue weighted by molar-refractivity contribution is 7.11. The summed E-state index contributed by atoms with van der Waals surface area (Å²) < 4.78 is 5.94. The highest BCUT2D eigenvalue weighted by Crippen LogP contribution is 2.26. The van der Waals surface area contributed by atoms with Crippen molar-refractivity contribution in [1.29, 1.82) is 0 Å². The van der Waals surface area contributed by atoms with E-state index >= 15 is 0 Å². The number of nitrogens with zero attached hydrogens (tertiary/aromatic N) is 3. The van der Waals surface area contributed by atoms with Crippen molar-refractivity contribution in [3.8, 4) is 0 Å². The minimum Gasteiger partial charge on any atom is -0.465 e.